The summed E-state index contributed by atoms with van der Waals surface area (Å²) < 4.78 is 0. The molecule has 0 saturated heterocycles. The van der Waals surface area contributed by atoms with Gasteiger partial charge in [-0.3, -0.25) is 4.98 Å². The maximum absolute atomic E-state index is 6.08. The molecule has 0 saturated carbocycles. The van der Waals surface area contributed by atoms with E-state index >= 15 is 0 Å². The Morgan fingerprint density at radius 1 is 1.28 bits per heavy atom. The van der Waals surface area contributed by atoms with Crippen molar-refractivity contribution in [1.82, 2.24) is 4.98 Å². The van der Waals surface area contributed by atoms with Crippen molar-refractivity contribution in [2.75, 3.05) is 17.2 Å². The summed E-state index contributed by atoms with van der Waals surface area (Å²) in [7, 11) is 0. The lowest BCUT2D eigenvalue weighted by atomic mass is 10.0. The molecule has 0 fully saturated rings. The zero-order valence-electron chi connectivity index (χ0n) is 9.91. The van der Waals surface area contributed by atoms with Crippen LogP contribution < -0.4 is 10.6 Å². The maximum Gasteiger partial charge on any atom is 0.0824 e. The highest BCUT2D eigenvalue weighted by Crippen LogP contribution is 2.28. The number of aromatic nitrogens is 1. The maximum atomic E-state index is 6.08. The molecule has 18 heavy (non-hydrogen) atoms. The van der Waals surface area contributed by atoms with E-state index in [1.165, 1.54) is 17.7 Å². The van der Waals surface area contributed by atoms with Crippen LogP contribution in [0.4, 0.5) is 17.1 Å². The summed E-state index contributed by atoms with van der Waals surface area (Å²) in [6, 6.07) is 8.23. The average Bonchev–Trinajstić information content (AvgIpc) is 2.41. The van der Waals surface area contributed by atoms with Gasteiger partial charge < -0.3 is 10.6 Å². The molecule has 2 N–H and O–H groups in total. The number of nitrogens with one attached hydrogen (secondary N) is 2. The van der Waals surface area contributed by atoms with Crippen molar-refractivity contribution in [3.63, 3.8) is 0 Å². The van der Waals surface area contributed by atoms with E-state index in [1.807, 2.05) is 6.07 Å². The van der Waals surface area contributed by atoms with Gasteiger partial charge in [0, 0.05) is 30.3 Å². The summed E-state index contributed by atoms with van der Waals surface area (Å²) >= 11 is 6.08. The Hall–Kier alpha value is -1.74. The van der Waals surface area contributed by atoms with Crippen LogP contribution in [0.25, 0.3) is 0 Å². The highest BCUT2D eigenvalue weighted by molar-refractivity contribution is 6.33. The lowest BCUT2D eigenvalue weighted by Crippen LogP contribution is -2.11. The Balaban J connectivity index is 1.87. The minimum atomic E-state index is 0.633. The Morgan fingerprint density at radius 3 is 3.11 bits per heavy atom. The number of hydrogen-bond acceptors (Lipinski definition) is 3. The molecular formula is C14H14ClN3. The van der Waals surface area contributed by atoms with Gasteiger partial charge in [0.15, 0.2) is 0 Å². The van der Waals surface area contributed by atoms with Crippen molar-refractivity contribution in [2.24, 2.45) is 0 Å². The second kappa shape index (κ2) is 4.86. The van der Waals surface area contributed by atoms with Gasteiger partial charge in [-0.1, -0.05) is 11.6 Å². The van der Waals surface area contributed by atoms with E-state index in [9.17, 15) is 0 Å². The van der Waals surface area contributed by atoms with Crippen molar-refractivity contribution >= 4 is 28.7 Å². The first-order valence-corrected chi connectivity index (χ1v) is 6.44. The van der Waals surface area contributed by atoms with Gasteiger partial charge >= 0.3 is 0 Å². The molecule has 3 nitrogen and oxygen atoms in total. The first-order chi connectivity index (χ1) is 8.83. The molecule has 0 spiro atoms. The third-order valence-electron chi connectivity index (χ3n) is 3.10. The van der Waals surface area contributed by atoms with Crippen molar-refractivity contribution in [3.8, 4) is 0 Å². The van der Waals surface area contributed by atoms with Crippen molar-refractivity contribution in [1.29, 1.82) is 0 Å². The molecule has 0 unspecified atom stereocenters. The van der Waals surface area contributed by atoms with E-state index in [2.05, 4.69) is 33.8 Å². The largest absolute Gasteiger partial charge is 0.385 e. The SMILES string of the molecule is Clc1cnccc1Nc1ccc2c(c1)CCCN2. The lowest BCUT2D eigenvalue weighted by Gasteiger charge is -2.19. The van der Waals surface area contributed by atoms with Crippen LogP contribution >= 0.6 is 11.6 Å². The fourth-order valence-electron chi connectivity index (χ4n) is 2.18. The second-order valence-electron chi connectivity index (χ2n) is 4.38. The summed E-state index contributed by atoms with van der Waals surface area (Å²) in [6.45, 7) is 1.07. The fourth-order valence-corrected chi connectivity index (χ4v) is 2.35. The molecule has 2 heterocycles. The van der Waals surface area contributed by atoms with E-state index in [0.717, 1.165) is 24.3 Å². The molecule has 1 aromatic carbocycles. The number of rotatable bonds is 2. The predicted molar refractivity (Wildman–Crippen MR) is 75.8 cm³/mol. The van der Waals surface area contributed by atoms with Gasteiger partial charge in [-0.15, -0.1) is 0 Å². The van der Waals surface area contributed by atoms with Crippen LogP contribution in [-0.2, 0) is 6.42 Å². The molecule has 0 amide bonds. The number of pyridine rings is 1. The number of hydrogen-bond donors (Lipinski definition) is 2. The molecular weight excluding hydrogens is 246 g/mol. The van der Waals surface area contributed by atoms with E-state index in [0.29, 0.717) is 5.02 Å². The number of nitrogens with zero attached hydrogens (tertiary/aromatic N) is 1. The van der Waals surface area contributed by atoms with Gasteiger partial charge in [0.05, 0.1) is 10.7 Å². The van der Waals surface area contributed by atoms with Crippen molar-refractivity contribution in [3.05, 3.63) is 47.2 Å². The van der Waals surface area contributed by atoms with Crippen LogP contribution in [0, 0.1) is 0 Å². The van der Waals surface area contributed by atoms with Crippen LogP contribution in [-0.4, -0.2) is 11.5 Å². The Morgan fingerprint density at radius 2 is 2.22 bits per heavy atom. The Labute approximate surface area is 111 Å². The van der Waals surface area contributed by atoms with Crippen molar-refractivity contribution in [2.45, 2.75) is 12.8 Å². The van der Waals surface area contributed by atoms with Gasteiger partial charge in [0.1, 0.15) is 0 Å². The third kappa shape index (κ3) is 2.27. The standard InChI is InChI=1S/C14H14ClN3/c15-12-9-16-7-5-14(12)18-11-3-4-13-10(8-11)2-1-6-17-13/h3-5,7-9,17H,1-2,6H2,(H,16,18). The summed E-state index contributed by atoms with van der Waals surface area (Å²) in [5.74, 6) is 0. The topological polar surface area (TPSA) is 37.0 Å². The number of anilines is 3. The third-order valence-corrected chi connectivity index (χ3v) is 3.40. The Bertz CT molecular complexity index is 569. The molecule has 0 bridgehead atoms. The van der Waals surface area contributed by atoms with E-state index in [-0.39, 0.29) is 0 Å². The van der Waals surface area contributed by atoms with Gasteiger partial charge in [-0.25, -0.2) is 0 Å². The van der Waals surface area contributed by atoms with Crippen LogP contribution in [0.1, 0.15) is 12.0 Å². The van der Waals surface area contributed by atoms with E-state index in [1.54, 1.807) is 12.4 Å². The highest BCUT2D eigenvalue weighted by Gasteiger charge is 2.09. The van der Waals surface area contributed by atoms with Crippen molar-refractivity contribution < 1.29 is 0 Å². The molecule has 2 aromatic rings. The molecule has 4 heteroatoms. The normalized spacial score (nSPS) is 13.6. The van der Waals surface area contributed by atoms with Gasteiger partial charge in [0.2, 0.25) is 0 Å². The van der Waals surface area contributed by atoms with E-state index < -0.39 is 0 Å². The molecule has 1 aliphatic heterocycles. The highest BCUT2D eigenvalue weighted by atomic mass is 35.5. The zero-order chi connectivity index (χ0) is 12.4. The second-order valence-corrected chi connectivity index (χ2v) is 4.79. The van der Waals surface area contributed by atoms with Crippen LogP contribution in [0.15, 0.2) is 36.7 Å². The number of benzene rings is 1. The van der Waals surface area contributed by atoms with Crippen LogP contribution in [0.5, 0.6) is 0 Å². The fraction of sp³-hybridized carbons (Fsp3) is 0.214. The first kappa shape index (κ1) is 11.4. The van der Waals surface area contributed by atoms with E-state index in [4.69, 9.17) is 11.6 Å². The summed E-state index contributed by atoms with van der Waals surface area (Å²) in [5.41, 5.74) is 4.55. The lowest BCUT2D eigenvalue weighted by molar-refractivity contribution is 0.830. The molecule has 92 valence electrons. The minimum absolute atomic E-state index is 0.633. The summed E-state index contributed by atoms with van der Waals surface area (Å²) in [6.07, 6.45) is 5.69. The zero-order valence-corrected chi connectivity index (χ0v) is 10.7. The van der Waals surface area contributed by atoms with Crippen LogP contribution in [0.3, 0.4) is 0 Å². The number of aryl methyl sites for hydroxylation is 1. The molecule has 1 aliphatic rings. The minimum Gasteiger partial charge on any atom is -0.385 e. The smallest absolute Gasteiger partial charge is 0.0824 e. The summed E-state index contributed by atoms with van der Waals surface area (Å²) in [4.78, 5) is 3.97. The quantitative estimate of drug-likeness (QED) is 0.861. The molecule has 0 radical (unpaired) electrons. The molecule has 0 aliphatic carbocycles. The van der Waals surface area contributed by atoms with Gasteiger partial charge in [-0.05, 0) is 42.7 Å². The number of halogens is 1. The molecule has 3 rings (SSSR count). The van der Waals surface area contributed by atoms with Gasteiger partial charge in [-0.2, -0.15) is 0 Å². The Kier molecular flexibility index (Phi) is 3.07. The first-order valence-electron chi connectivity index (χ1n) is 6.06. The van der Waals surface area contributed by atoms with Crippen LogP contribution in [0.2, 0.25) is 5.02 Å². The summed E-state index contributed by atoms with van der Waals surface area (Å²) in [5, 5.41) is 7.36. The average molecular weight is 260 g/mol. The van der Waals surface area contributed by atoms with Gasteiger partial charge in [0.25, 0.3) is 0 Å². The predicted octanol–water partition coefficient (Wildman–Crippen LogP) is 3.84. The number of fused-ring (bicyclic) bond motifs is 1. The monoisotopic (exact) mass is 259 g/mol. The molecule has 1 aromatic heterocycles. The molecule has 0 atom stereocenters.